The van der Waals surface area contributed by atoms with Crippen LogP contribution in [0.1, 0.15) is 6.92 Å². The zero-order chi connectivity index (χ0) is 10.1. The Bertz CT molecular complexity index is 211. The molecule has 3 nitrogen and oxygen atoms in total. The first-order valence-electron chi connectivity index (χ1n) is 3.81. The van der Waals surface area contributed by atoms with E-state index in [0.29, 0.717) is 12.1 Å². The summed E-state index contributed by atoms with van der Waals surface area (Å²) in [5, 5.41) is 3.07. The average molecular weight is 311 g/mol. The molecule has 0 aliphatic heterocycles. The van der Waals surface area contributed by atoms with Crippen LogP contribution in [-0.2, 0) is 0 Å². The summed E-state index contributed by atoms with van der Waals surface area (Å²) in [6.07, 6.45) is 1.80. The summed E-state index contributed by atoms with van der Waals surface area (Å²) < 4.78 is 0.782. The summed E-state index contributed by atoms with van der Waals surface area (Å²) in [6.45, 7) is 6.86. The van der Waals surface area contributed by atoms with E-state index in [1.807, 2.05) is 6.92 Å². The third-order valence-electron chi connectivity index (χ3n) is 1.21. The van der Waals surface area contributed by atoms with Crippen molar-refractivity contribution in [2.75, 3.05) is 18.7 Å². The van der Waals surface area contributed by atoms with Crippen LogP contribution in [0.5, 0.6) is 0 Å². The van der Waals surface area contributed by atoms with Crippen molar-refractivity contribution in [3.8, 4) is 0 Å². The van der Waals surface area contributed by atoms with E-state index in [4.69, 9.17) is 0 Å². The van der Waals surface area contributed by atoms with Gasteiger partial charge in [-0.2, -0.15) is 0 Å². The Kier molecular flexibility index (Phi) is 8.59. The molecule has 0 fully saturated rings. The van der Waals surface area contributed by atoms with Gasteiger partial charge in [0.2, 0.25) is 0 Å². The van der Waals surface area contributed by atoms with Crippen molar-refractivity contribution >= 4 is 42.2 Å². The van der Waals surface area contributed by atoms with Crippen LogP contribution in [0.15, 0.2) is 22.6 Å². The Hall–Kier alpha value is -0.0000000000000000555. The maximum atomic E-state index is 4.24. The largest absolute Gasteiger partial charge is 0.295 e. The van der Waals surface area contributed by atoms with Gasteiger partial charge >= 0.3 is 0 Å². The molecule has 0 aliphatic rings. The third kappa shape index (κ3) is 7.10. The molecular formula is C8H13Br2N3. The lowest BCUT2D eigenvalue weighted by Crippen LogP contribution is -2.15. The van der Waals surface area contributed by atoms with Crippen LogP contribution in [-0.4, -0.2) is 29.0 Å². The lowest BCUT2D eigenvalue weighted by Gasteiger charge is -1.98. The van der Waals surface area contributed by atoms with Crippen LogP contribution in [0.25, 0.3) is 0 Å². The molecule has 0 atom stereocenters. The minimum atomic E-state index is 0.584. The first-order chi connectivity index (χ1) is 6.22. The van der Waals surface area contributed by atoms with E-state index < -0.39 is 0 Å². The molecule has 0 aromatic heterocycles. The summed E-state index contributed by atoms with van der Waals surface area (Å²) in [7, 11) is 0. The van der Waals surface area contributed by atoms with E-state index in [1.165, 1.54) is 0 Å². The van der Waals surface area contributed by atoms with E-state index in [9.17, 15) is 0 Å². The topological polar surface area (TPSA) is 36.8 Å². The van der Waals surface area contributed by atoms with Crippen molar-refractivity contribution in [1.82, 2.24) is 5.32 Å². The molecule has 0 heterocycles. The monoisotopic (exact) mass is 309 g/mol. The lowest BCUT2D eigenvalue weighted by molar-refractivity contribution is 0.779. The number of alkyl halides is 1. The molecule has 0 aromatic carbocycles. The second-order valence-electron chi connectivity index (χ2n) is 2.21. The van der Waals surface area contributed by atoms with Gasteiger partial charge < -0.3 is 0 Å². The van der Waals surface area contributed by atoms with Gasteiger partial charge in [-0.15, -0.1) is 6.58 Å². The Morgan fingerprint density at radius 1 is 1.54 bits per heavy atom. The standard InChI is InChI=1S/C8H13Br2N3/c1-3-4-11-6-13-7(2)8(10)12-5-9/h3,11H,1,4-6H2,2H3/b12-8+,13-7-. The van der Waals surface area contributed by atoms with Crippen molar-refractivity contribution in [2.45, 2.75) is 6.92 Å². The molecule has 1 N–H and O–H groups in total. The number of halogens is 2. The van der Waals surface area contributed by atoms with Gasteiger partial charge in [-0.25, -0.2) is 0 Å². The Morgan fingerprint density at radius 3 is 2.77 bits per heavy atom. The first kappa shape index (κ1) is 13.0. The second kappa shape index (κ2) is 8.59. The van der Waals surface area contributed by atoms with Crippen molar-refractivity contribution in [1.29, 1.82) is 0 Å². The zero-order valence-corrected chi connectivity index (χ0v) is 10.7. The molecule has 0 unspecified atom stereocenters. The molecule has 0 aromatic rings. The lowest BCUT2D eigenvalue weighted by atomic mass is 10.5. The minimum absolute atomic E-state index is 0.584. The molecule has 13 heavy (non-hydrogen) atoms. The van der Waals surface area contributed by atoms with E-state index in [1.54, 1.807) is 6.08 Å². The first-order valence-corrected chi connectivity index (χ1v) is 5.72. The third-order valence-corrected chi connectivity index (χ3v) is 2.29. The molecule has 0 aliphatic carbocycles. The predicted molar refractivity (Wildman–Crippen MR) is 66.3 cm³/mol. The fraction of sp³-hybridized carbons (Fsp3) is 0.500. The SMILES string of the molecule is C=CCNC/N=C(C)\C(Br)=N/CBr. The van der Waals surface area contributed by atoms with Crippen LogP contribution < -0.4 is 5.32 Å². The van der Waals surface area contributed by atoms with Crippen molar-refractivity contribution in [3.05, 3.63) is 12.7 Å². The Labute approximate surface area is 95.7 Å². The number of aliphatic imine (C=N–C) groups is 2. The second-order valence-corrected chi connectivity index (χ2v) is 3.47. The summed E-state index contributed by atoms with van der Waals surface area (Å²) in [4.78, 5) is 8.33. The highest BCUT2D eigenvalue weighted by molar-refractivity contribution is 9.19. The van der Waals surface area contributed by atoms with Crippen molar-refractivity contribution in [3.63, 3.8) is 0 Å². The maximum Gasteiger partial charge on any atom is 0.122 e. The molecule has 0 spiro atoms. The number of nitrogens with one attached hydrogen (secondary N) is 1. The van der Waals surface area contributed by atoms with Gasteiger partial charge in [0.25, 0.3) is 0 Å². The van der Waals surface area contributed by atoms with Gasteiger partial charge in [-0.3, -0.25) is 15.3 Å². The van der Waals surface area contributed by atoms with Gasteiger partial charge in [0.1, 0.15) is 4.62 Å². The molecule has 0 radical (unpaired) electrons. The molecule has 0 rings (SSSR count). The Morgan fingerprint density at radius 2 is 2.23 bits per heavy atom. The molecule has 0 amide bonds. The molecule has 5 heteroatoms. The zero-order valence-electron chi connectivity index (χ0n) is 7.56. The van der Waals surface area contributed by atoms with E-state index in [0.717, 1.165) is 16.9 Å². The number of rotatable bonds is 6. The fourth-order valence-electron chi connectivity index (χ4n) is 0.573. The van der Waals surface area contributed by atoms with Crippen LogP contribution >= 0.6 is 31.9 Å². The summed E-state index contributed by atoms with van der Waals surface area (Å²) in [6, 6.07) is 0. The molecular weight excluding hydrogens is 298 g/mol. The highest BCUT2D eigenvalue weighted by atomic mass is 79.9. The summed E-state index contributed by atoms with van der Waals surface area (Å²) >= 11 is 6.52. The quantitative estimate of drug-likeness (QED) is 0.264. The van der Waals surface area contributed by atoms with Crippen LogP contribution in [0.4, 0.5) is 0 Å². The predicted octanol–water partition coefficient (Wildman–Crippen LogP) is 2.33. The van der Waals surface area contributed by atoms with Crippen LogP contribution in [0, 0.1) is 0 Å². The number of hydrogen-bond acceptors (Lipinski definition) is 3. The van der Waals surface area contributed by atoms with Crippen molar-refractivity contribution in [2.24, 2.45) is 9.98 Å². The number of nitrogens with zero attached hydrogens (tertiary/aromatic N) is 2. The molecule has 74 valence electrons. The summed E-state index contributed by atoms with van der Waals surface area (Å²) in [5.74, 6) is 0. The highest BCUT2D eigenvalue weighted by Crippen LogP contribution is 1.96. The smallest absolute Gasteiger partial charge is 0.122 e. The maximum absolute atomic E-state index is 4.24. The number of hydrogen-bond donors (Lipinski definition) is 1. The average Bonchev–Trinajstić information content (AvgIpc) is 2.12. The van der Waals surface area contributed by atoms with Gasteiger partial charge in [-0.1, -0.05) is 22.0 Å². The molecule has 0 bridgehead atoms. The van der Waals surface area contributed by atoms with Gasteiger partial charge in [0.15, 0.2) is 0 Å². The normalized spacial score (nSPS) is 13.2. The minimum Gasteiger partial charge on any atom is -0.295 e. The van der Waals surface area contributed by atoms with E-state index >= 15 is 0 Å². The van der Waals surface area contributed by atoms with Crippen LogP contribution in [0.3, 0.4) is 0 Å². The fourth-order valence-corrected chi connectivity index (χ4v) is 1.41. The van der Waals surface area contributed by atoms with Crippen molar-refractivity contribution < 1.29 is 0 Å². The Balaban J connectivity index is 3.86. The van der Waals surface area contributed by atoms with Gasteiger partial charge in [0.05, 0.1) is 17.8 Å². The highest BCUT2D eigenvalue weighted by Gasteiger charge is 1.96. The van der Waals surface area contributed by atoms with E-state index in [-0.39, 0.29) is 0 Å². The molecule has 0 saturated carbocycles. The molecule has 0 saturated heterocycles. The summed E-state index contributed by atoms with van der Waals surface area (Å²) in [5.41, 5.74) is 1.47. The van der Waals surface area contributed by atoms with E-state index in [2.05, 4.69) is 53.7 Å². The van der Waals surface area contributed by atoms with Gasteiger partial charge in [-0.05, 0) is 22.9 Å². The van der Waals surface area contributed by atoms with Crippen LogP contribution in [0.2, 0.25) is 0 Å². The van der Waals surface area contributed by atoms with Gasteiger partial charge in [0, 0.05) is 6.54 Å².